The minimum absolute atomic E-state index is 0.316. The topological polar surface area (TPSA) is 55.8 Å². The summed E-state index contributed by atoms with van der Waals surface area (Å²) in [6, 6.07) is 0. The zero-order valence-electron chi connectivity index (χ0n) is 14.4. The van der Waals surface area contributed by atoms with Gasteiger partial charge in [-0.25, -0.2) is 9.78 Å². The van der Waals surface area contributed by atoms with Gasteiger partial charge in [0.05, 0.1) is 13.2 Å². The van der Waals surface area contributed by atoms with Crippen LogP contribution in [-0.2, 0) is 14.6 Å². The first-order chi connectivity index (χ1) is 10.2. The number of aliphatic carboxylic acids is 1. The third-order valence-corrected chi connectivity index (χ3v) is 2.99. The van der Waals surface area contributed by atoms with Crippen LogP contribution in [0.5, 0.6) is 0 Å². The molecule has 0 saturated heterocycles. The molecule has 0 atom stereocenters. The first kappa shape index (κ1) is 22.7. The van der Waals surface area contributed by atoms with Crippen molar-refractivity contribution in [2.45, 2.75) is 91.4 Å². The van der Waals surface area contributed by atoms with Gasteiger partial charge in [0.15, 0.2) is 0 Å². The van der Waals surface area contributed by atoms with Crippen LogP contribution >= 0.6 is 0 Å². The predicted molar refractivity (Wildman–Crippen MR) is 87.3 cm³/mol. The van der Waals surface area contributed by atoms with E-state index >= 15 is 0 Å². The van der Waals surface area contributed by atoms with E-state index in [0.29, 0.717) is 6.42 Å². The molecule has 0 aromatic rings. The molecule has 0 heterocycles. The largest absolute Gasteiger partial charge is 0.481 e. The Balaban J connectivity index is 0. The number of rotatable bonds is 14. The van der Waals surface area contributed by atoms with Crippen molar-refractivity contribution in [3.63, 3.8) is 0 Å². The molecule has 0 spiro atoms. The van der Waals surface area contributed by atoms with Crippen LogP contribution in [0.15, 0.2) is 0 Å². The smallest absolute Gasteiger partial charge is 0.303 e. The molecular formula is C17H36O4. The Bertz CT molecular complexity index is 183. The molecule has 1 N–H and O–H groups in total. The second-order valence-corrected chi connectivity index (χ2v) is 5.26. The molecule has 0 aromatic heterocycles. The average Bonchev–Trinajstić information content (AvgIpc) is 2.48. The second-order valence-electron chi connectivity index (χ2n) is 5.26. The molecule has 0 rings (SSSR count). The van der Waals surface area contributed by atoms with Gasteiger partial charge in [0, 0.05) is 6.42 Å². The van der Waals surface area contributed by atoms with E-state index in [1.165, 1.54) is 38.5 Å². The van der Waals surface area contributed by atoms with Crippen molar-refractivity contribution in [2.75, 3.05) is 13.2 Å². The Labute approximate surface area is 131 Å². The molecule has 0 bridgehead atoms. The maximum atomic E-state index is 9.76. The van der Waals surface area contributed by atoms with Crippen LogP contribution in [0.25, 0.3) is 0 Å². The fourth-order valence-electron chi connectivity index (χ4n) is 1.62. The minimum Gasteiger partial charge on any atom is -0.481 e. The summed E-state index contributed by atoms with van der Waals surface area (Å²) in [5, 5.41) is 8.04. The number of carboxylic acid groups (broad SMARTS) is 1. The highest BCUT2D eigenvalue weighted by Gasteiger charge is 1.92. The Morgan fingerprint density at radius 2 is 1.14 bits per heavy atom. The molecule has 0 radical (unpaired) electrons. The minimum atomic E-state index is -0.693. The quantitative estimate of drug-likeness (QED) is 0.267. The lowest BCUT2D eigenvalue weighted by molar-refractivity contribution is -0.295. The summed E-state index contributed by atoms with van der Waals surface area (Å²) in [5.41, 5.74) is 0. The van der Waals surface area contributed by atoms with Crippen LogP contribution in [0, 0.1) is 0 Å². The summed E-state index contributed by atoms with van der Waals surface area (Å²) < 4.78 is 0. The van der Waals surface area contributed by atoms with Crippen LogP contribution in [0.1, 0.15) is 91.4 Å². The summed E-state index contributed by atoms with van der Waals surface area (Å²) in [6.45, 7) is 7.92. The number of carboxylic acids is 1. The molecule has 0 aliphatic carbocycles. The van der Waals surface area contributed by atoms with Gasteiger partial charge in [-0.05, 0) is 19.3 Å². The maximum Gasteiger partial charge on any atom is 0.303 e. The van der Waals surface area contributed by atoms with Gasteiger partial charge >= 0.3 is 5.97 Å². The van der Waals surface area contributed by atoms with Gasteiger partial charge in [-0.3, -0.25) is 4.79 Å². The number of unbranched alkanes of at least 4 members (excludes halogenated alkanes) is 7. The first-order valence-electron chi connectivity index (χ1n) is 8.65. The molecule has 4 heteroatoms. The van der Waals surface area contributed by atoms with Crippen molar-refractivity contribution < 1.29 is 19.7 Å². The van der Waals surface area contributed by atoms with E-state index in [0.717, 1.165) is 38.9 Å². The van der Waals surface area contributed by atoms with Crippen LogP contribution in [0.3, 0.4) is 0 Å². The highest BCUT2D eigenvalue weighted by molar-refractivity contribution is 5.66. The molecule has 4 nitrogen and oxygen atoms in total. The number of hydrogen-bond donors (Lipinski definition) is 1. The van der Waals surface area contributed by atoms with Crippen molar-refractivity contribution in [1.29, 1.82) is 0 Å². The molecule has 0 aromatic carbocycles. The van der Waals surface area contributed by atoms with Gasteiger partial charge in [0.1, 0.15) is 0 Å². The lowest BCUT2D eigenvalue weighted by Gasteiger charge is -2.03. The summed E-state index contributed by atoms with van der Waals surface area (Å²) in [5.74, 6) is -0.693. The molecule has 0 aliphatic rings. The highest BCUT2D eigenvalue weighted by Crippen LogP contribution is 2.01. The summed E-state index contributed by atoms with van der Waals surface area (Å²) in [7, 11) is 0. The molecule has 0 aliphatic heterocycles. The van der Waals surface area contributed by atoms with E-state index in [1.807, 2.05) is 6.92 Å². The van der Waals surface area contributed by atoms with Crippen LogP contribution in [0.2, 0.25) is 0 Å². The third kappa shape index (κ3) is 28.3. The molecular weight excluding hydrogens is 268 g/mol. The highest BCUT2D eigenvalue weighted by atomic mass is 17.2. The van der Waals surface area contributed by atoms with Gasteiger partial charge in [-0.2, -0.15) is 0 Å². The first-order valence-corrected chi connectivity index (χ1v) is 8.65. The normalized spacial score (nSPS) is 10.0. The maximum absolute atomic E-state index is 9.76. The standard InChI is InChI=1S/C12H26O2.C5H10O2/c1-3-5-7-9-11-13-14-12-10-8-6-4-2;1-2-3-4-5(6)7/h3-12H2,1-2H3;2-4H2,1H3,(H,6,7). The molecule has 0 unspecified atom stereocenters. The van der Waals surface area contributed by atoms with Crippen molar-refractivity contribution in [1.82, 2.24) is 0 Å². The van der Waals surface area contributed by atoms with E-state index in [4.69, 9.17) is 14.9 Å². The summed E-state index contributed by atoms with van der Waals surface area (Å²) in [4.78, 5) is 19.9. The van der Waals surface area contributed by atoms with Crippen molar-refractivity contribution in [2.24, 2.45) is 0 Å². The van der Waals surface area contributed by atoms with Crippen molar-refractivity contribution >= 4 is 5.97 Å². The Morgan fingerprint density at radius 1 is 0.714 bits per heavy atom. The molecule has 21 heavy (non-hydrogen) atoms. The van der Waals surface area contributed by atoms with E-state index in [2.05, 4.69) is 13.8 Å². The molecule has 128 valence electrons. The second kappa shape index (κ2) is 21.7. The zero-order chi connectivity index (χ0) is 16.2. The monoisotopic (exact) mass is 304 g/mol. The van der Waals surface area contributed by atoms with Crippen molar-refractivity contribution in [3.05, 3.63) is 0 Å². The van der Waals surface area contributed by atoms with Crippen LogP contribution < -0.4 is 0 Å². The number of hydrogen-bond acceptors (Lipinski definition) is 3. The lowest BCUT2D eigenvalue weighted by Crippen LogP contribution is -1.98. The van der Waals surface area contributed by atoms with Crippen LogP contribution in [-0.4, -0.2) is 24.3 Å². The van der Waals surface area contributed by atoms with E-state index in [-0.39, 0.29) is 0 Å². The Morgan fingerprint density at radius 3 is 1.43 bits per heavy atom. The lowest BCUT2D eigenvalue weighted by atomic mass is 10.2. The van der Waals surface area contributed by atoms with Gasteiger partial charge in [0.25, 0.3) is 0 Å². The zero-order valence-corrected chi connectivity index (χ0v) is 14.4. The Hall–Kier alpha value is -0.610. The summed E-state index contributed by atoms with van der Waals surface area (Å²) in [6.07, 6.45) is 12.0. The van der Waals surface area contributed by atoms with Gasteiger partial charge < -0.3 is 5.11 Å². The van der Waals surface area contributed by atoms with Gasteiger partial charge in [-0.15, -0.1) is 0 Å². The third-order valence-electron chi connectivity index (χ3n) is 2.99. The average molecular weight is 304 g/mol. The summed E-state index contributed by atoms with van der Waals surface area (Å²) >= 11 is 0. The van der Waals surface area contributed by atoms with Gasteiger partial charge in [-0.1, -0.05) is 65.7 Å². The van der Waals surface area contributed by atoms with E-state index in [9.17, 15) is 4.79 Å². The SMILES string of the molecule is CCCCC(=O)O.CCCCCCOOCCCCCC. The van der Waals surface area contributed by atoms with Crippen LogP contribution in [0.4, 0.5) is 0 Å². The predicted octanol–water partition coefficient (Wildman–Crippen LogP) is 5.36. The molecule has 0 fully saturated rings. The van der Waals surface area contributed by atoms with E-state index in [1.54, 1.807) is 0 Å². The number of carbonyl (C=O) groups is 1. The molecule has 0 saturated carbocycles. The van der Waals surface area contributed by atoms with E-state index < -0.39 is 5.97 Å². The fraction of sp³-hybridized carbons (Fsp3) is 0.941. The fourth-order valence-corrected chi connectivity index (χ4v) is 1.62. The Kier molecular flexibility index (Phi) is 23.4. The van der Waals surface area contributed by atoms with Gasteiger partial charge in [0.2, 0.25) is 0 Å². The molecule has 0 amide bonds. The van der Waals surface area contributed by atoms with Crippen molar-refractivity contribution in [3.8, 4) is 0 Å².